The molecule has 1 aliphatic rings. The van der Waals surface area contributed by atoms with Gasteiger partial charge >= 0.3 is 111 Å². The van der Waals surface area contributed by atoms with Gasteiger partial charge in [-0.15, -0.1) is 0 Å². The predicted molar refractivity (Wildman–Crippen MR) is 84.2 cm³/mol. The summed E-state index contributed by atoms with van der Waals surface area (Å²) in [5.41, 5.74) is 3.17. The van der Waals surface area contributed by atoms with Gasteiger partial charge in [0.1, 0.15) is 0 Å². The number of rotatable bonds is 2. The van der Waals surface area contributed by atoms with Crippen LogP contribution >= 0.6 is 0 Å². The van der Waals surface area contributed by atoms with Gasteiger partial charge in [0.05, 0.1) is 0 Å². The topological polar surface area (TPSA) is 12.0 Å². The third-order valence-corrected chi connectivity index (χ3v) is 11.8. The molecule has 0 heterocycles. The van der Waals surface area contributed by atoms with E-state index in [0.717, 1.165) is 0 Å². The van der Waals surface area contributed by atoms with Gasteiger partial charge in [0, 0.05) is 0 Å². The Bertz CT molecular complexity index is 446. The van der Waals surface area contributed by atoms with E-state index in [-0.39, 0.29) is 16.5 Å². The number of fused-ring (bicyclic) bond motifs is 1. The van der Waals surface area contributed by atoms with Crippen LogP contribution in [0.15, 0.2) is 30.3 Å². The third-order valence-electron chi connectivity index (χ3n) is 3.27. The summed E-state index contributed by atoms with van der Waals surface area (Å²) >= 11 is -2.29. The van der Waals surface area contributed by atoms with E-state index in [1.807, 2.05) is 0 Å². The number of hydrogen-bond acceptors (Lipinski definition) is 1. The van der Waals surface area contributed by atoms with E-state index in [1.54, 1.807) is 0 Å². The fourth-order valence-electron chi connectivity index (χ4n) is 2.92. The summed E-state index contributed by atoms with van der Waals surface area (Å²) < 4.78 is 9.60. The maximum Gasteiger partial charge on any atom is -0.0149 e. The second kappa shape index (κ2) is 5.56. The van der Waals surface area contributed by atoms with Crippen molar-refractivity contribution in [2.24, 2.45) is 0 Å². The zero-order chi connectivity index (χ0) is 12.7. The first-order valence-electron chi connectivity index (χ1n) is 6.36. The Labute approximate surface area is 121 Å². The van der Waals surface area contributed by atoms with Gasteiger partial charge in [-0.05, 0) is 11.0 Å². The Kier molecular flexibility index (Phi) is 4.97. The molecular formula is C15H27NSiZr. The number of allylic oxidation sites excluding steroid dienone is 1. The van der Waals surface area contributed by atoms with E-state index in [1.165, 1.54) is 11.1 Å². The molecule has 0 aliphatic heterocycles. The van der Waals surface area contributed by atoms with E-state index in [4.69, 9.17) is 0 Å². The van der Waals surface area contributed by atoms with Crippen molar-refractivity contribution in [2.45, 2.75) is 39.2 Å². The van der Waals surface area contributed by atoms with Crippen molar-refractivity contribution in [1.82, 2.24) is 3.26 Å². The first-order chi connectivity index (χ1) is 7.80. The second-order valence-electron chi connectivity index (χ2n) is 6.56. The average molecular weight is 341 g/mol. The summed E-state index contributed by atoms with van der Waals surface area (Å²) in [4.78, 5) is 0. The van der Waals surface area contributed by atoms with Crippen LogP contribution in [-0.4, -0.2) is 16.5 Å². The molecule has 1 aromatic rings. The van der Waals surface area contributed by atoms with Gasteiger partial charge in [0.15, 0.2) is 0 Å². The number of nitrogens with one attached hydrogen (secondary N) is 1. The molecule has 3 heteroatoms. The molecule has 100 valence electrons. The van der Waals surface area contributed by atoms with Crippen LogP contribution in [0.4, 0.5) is 0 Å². The first-order valence-corrected chi connectivity index (χ1v) is 13.9. The summed E-state index contributed by atoms with van der Waals surface area (Å²) in [5, 5.41) is 0. The molecule has 0 radical (unpaired) electrons. The van der Waals surface area contributed by atoms with Crippen molar-refractivity contribution in [3.63, 3.8) is 0 Å². The molecule has 0 fully saturated rings. The molecule has 0 bridgehead atoms. The van der Waals surface area contributed by atoms with Gasteiger partial charge in [-0.25, -0.2) is 0 Å². The first kappa shape index (κ1) is 16.1. The van der Waals surface area contributed by atoms with Crippen LogP contribution in [0.3, 0.4) is 0 Å². The fourth-order valence-corrected chi connectivity index (χ4v) is 12.0. The minimum atomic E-state index is -2.29. The summed E-state index contributed by atoms with van der Waals surface area (Å²) in [7, 11) is 0. The van der Waals surface area contributed by atoms with Crippen LogP contribution in [0.25, 0.3) is 6.08 Å². The van der Waals surface area contributed by atoms with E-state index in [2.05, 4.69) is 69.7 Å². The van der Waals surface area contributed by atoms with Gasteiger partial charge in [0.2, 0.25) is 0 Å². The molecule has 2 rings (SSSR count). The van der Waals surface area contributed by atoms with Crippen molar-refractivity contribution in [2.75, 3.05) is 0 Å². The molecule has 0 saturated heterocycles. The van der Waals surface area contributed by atoms with Crippen molar-refractivity contribution >= 4 is 17.0 Å². The number of benzene rings is 1. The van der Waals surface area contributed by atoms with Crippen molar-refractivity contribution < 1.29 is 20.6 Å². The smallest absolute Gasteiger partial charge is 0.0149 e. The van der Waals surface area contributed by atoms with Crippen molar-refractivity contribution in [3.8, 4) is 0 Å². The Balaban J connectivity index is 0.00000162. The van der Waals surface area contributed by atoms with Crippen LogP contribution < -0.4 is 3.26 Å². The average Bonchev–Trinajstić information content (AvgIpc) is 2.57. The molecule has 1 N–H and O–H groups in total. The summed E-state index contributed by atoms with van der Waals surface area (Å²) in [5.74, 6) is 0. The molecule has 1 aromatic carbocycles. The molecule has 0 aromatic heterocycles. The van der Waals surface area contributed by atoms with E-state index in [9.17, 15) is 0 Å². The molecule has 0 spiro atoms. The monoisotopic (exact) mass is 339 g/mol. The Hall–Kier alpha value is 0.0200. The zero-order valence-corrected chi connectivity index (χ0v) is 14.0. The standard InChI is InChI=1S/C9H7.C4H10N.2CH3.H4Si.Zr/c1-2-5-9-7-3-6-8(9)4-1;1-4(2,3)5;;;;/h1-7H;5H,1-3H3;2*1H3;1H4;/q;-1;;;;+1. The Morgan fingerprint density at radius 2 is 1.72 bits per heavy atom. The maximum absolute atomic E-state index is 3.94. The molecule has 18 heavy (non-hydrogen) atoms. The minimum Gasteiger partial charge on any atom is -0.0149 e. The number of hydrogen-bond donors (Lipinski definition) is 1. The van der Waals surface area contributed by atoms with Crippen LogP contribution in [-0.2, 0) is 20.6 Å². The molecule has 0 saturated carbocycles. The molecule has 0 amide bonds. The SMILES string of the molecule is CC(C)(C)[NH][Zr]([CH3])([CH3])[CH]1C=Cc2ccccc21.[SiH4]. The van der Waals surface area contributed by atoms with Crippen LogP contribution in [0.1, 0.15) is 35.5 Å². The molecule has 1 atom stereocenters. The van der Waals surface area contributed by atoms with Crippen LogP contribution in [0, 0.1) is 0 Å². The van der Waals surface area contributed by atoms with Crippen LogP contribution in [0.2, 0.25) is 9.26 Å². The van der Waals surface area contributed by atoms with Crippen molar-refractivity contribution in [1.29, 1.82) is 0 Å². The summed E-state index contributed by atoms with van der Waals surface area (Å²) in [6.07, 6.45) is 4.71. The van der Waals surface area contributed by atoms with E-state index < -0.39 is 20.6 Å². The van der Waals surface area contributed by atoms with E-state index in [0.29, 0.717) is 3.63 Å². The van der Waals surface area contributed by atoms with Crippen molar-refractivity contribution in [3.05, 3.63) is 41.5 Å². The predicted octanol–water partition coefficient (Wildman–Crippen LogP) is 2.86. The molecular weight excluding hydrogens is 313 g/mol. The molecule has 1 aliphatic carbocycles. The van der Waals surface area contributed by atoms with E-state index >= 15 is 0 Å². The minimum absolute atomic E-state index is 0. The van der Waals surface area contributed by atoms with Gasteiger partial charge in [0.25, 0.3) is 0 Å². The Morgan fingerprint density at radius 1 is 1.11 bits per heavy atom. The fraction of sp³-hybridized carbons (Fsp3) is 0.467. The second-order valence-corrected chi connectivity index (χ2v) is 17.2. The van der Waals surface area contributed by atoms with Gasteiger partial charge in [-0.2, -0.15) is 0 Å². The van der Waals surface area contributed by atoms with Gasteiger partial charge in [-0.1, -0.05) is 0 Å². The third kappa shape index (κ3) is 3.53. The normalized spacial score (nSPS) is 18.4. The maximum atomic E-state index is 3.94. The Morgan fingerprint density at radius 3 is 2.33 bits per heavy atom. The quantitative estimate of drug-likeness (QED) is 0.816. The zero-order valence-electron chi connectivity index (χ0n) is 11.5. The largest absolute Gasteiger partial charge is 0.0149 e. The van der Waals surface area contributed by atoms with Gasteiger partial charge in [-0.3, -0.25) is 0 Å². The molecule has 1 unspecified atom stereocenters. The molecule has 1 nitrogen and oxygen atoms in total. The summed E-state index contributed by atoms with van der Waals surface area (Å²) in [6.45, 7) is 6.82. The summed E-state index contributed by atoms with van der Waals surface area (Å²) in [6, 6.07) is 8.82. The van der Waals surface area contributed by atoms with Crippen LogP contribution in [0.5, 0.6) is 0 Å². The van der Waals surface area contributed by atoms with Gasteiger partial charge < -0.3 is 0 Å².